The van der Waals surface area contributed by atoms with Gasteiger partial charge in [0.15, 0.2) is 0 Å². The molecule has 0 aliphatic heterocycles. The van der Waals surface area contributed by atoms with Crippen LogP contribution in [0.15, 0.2) is 6.20 Å². The largest absolute Gasteiger partial charge is 0.385 e. The molecule has 0 saturated heterocycles. The summed E-state index contributed by atoms with van der Waals surface area (Å²) in [4.78, 5) is 0. The van der Waals surface area contributed by atoms with Crippen LogP contribution in [0.2, 0.25) is 0 Å². The topological polar surface area (TPSA) is 48.9 Å². The van der Waals surface area contributed by atoms with Crippen molar-refractivity contribution >= 4 is 0 Å². The van der Waals surface area contributed by atoms with Gasteiger partial charge in [-0.3, -0.25) is 5.10 Å². The minimum atomic E-state index is -0.572. The predicted octanol–water partition coefficient (Wildman–Crippen LogP) is 0.946. The van der Waals surface area contributed by atoms with Crippen molar-refractivity contribution in [2.75, 3.05) is 0 Å². The summed E-state index contributed by atoms with van der Waals surface area (Å²) in [6.45, 7) is 3.98. The SMILES string of the molecule is Cc1[nH]ncc1C1(O)CC1C. The van der Waals surface area contributed by atoms with Crippen LogP contribution in [0.1, 0.15) is 24.6 Å². The van der Waals surface area contributed by atoms with Crippen molar-refractivity contribution in [2.45, 2.75) is 25.9 Å². The van der Waals surface area contributed by atoms with E-state index >= 15 is 0 Å². The van der Waals surface area contributed by atoms with Gasteiger partial charge >= 0.3 is 0 Å². The van der Waals surface area contributed by atoms with Gasteiger partial charge in [0.1, 0.15) is 0 Å². The minimum Gasteiger partial charge on any atom is -0.385 e. The summed E-state index contributed by atoms with van der Waals surface area (Å²) in [6, 6.07) is 0. The fraction of sp³-hybridized carbons (Fsp3) is 0.625. The van der Waals surface area contributed by atoms with E-state index in [1.807, 2.05) is 13.8 Å². The zero-order valence-corrected chi connectivity index (χ0v) is 6.76. The number of nitrogens with one attached hydrogen (secondary N) is 1. The zero-order valence-electron chi connectivity index (χ0n) is 6.76. The van der Waals surface area contributed by atoms with E-state index in [-0.39, 0.29) is 0 Å². The standard InChI is InChI=1S/C8H12N2O/c1-5-3-8(5,11)7-4-9-10-6(7)2/h4-5,11H,3H2,1-2H3,(H,9,10). The number of hydrogen-bond acceptors (Lipinski definition) is 2. The first-order chi connectivity index (χ1) is 5.14. The summed E-state index contributed by atoms with van der Waals surface area (Å²) < 4.78 is 0. The molecule has 2 N–H and O–H groups in total. The molecular weight excluding hydrogens is 140 g/mol. The van der Waals surface area contributed by atoms with Crippen LogP contribution >= 0.6 is 0 Å². The van der Waals surface area contributed by atoms with Crippen LogP contribution in [-0.2, 0) is 5.60 Å². The molecule has 1 saturated carbocycles. The predicted molar refractivity (Wildman–Crippen MR) is 41.0 cm³/mol. The van der Waals surface area contributed by atoms with Gasteiger partial charge in [-0.2, -0.15) is 5.10 Å². The maximum absolute atomic E-state index is 9.88. The molecule has 1 fully saturated rings. The third-order valence-corrected chi connectivity index (χ3v) is 2.57. The number of aromatic amines is 1. The van der Waals surface area contributed by atoms with Gasteiger partial charge in [0.25, 0.3) is 0 Å². The fourth-order valence-corrected chi connectivity index (χ4v) is 1.57. The van der Waals surface area contributed by atoms with Crippen molar-refractivity contribution in [3.05, 3.63) is 17.5 Å². The van der Waals surface area contributed by atoms with Crippen LogP contribution in [0.4, 0.5) is 0 Å². The van der Waals surface area contributed by atoms with E-state index in [0.717, 1.165) is 17.7 Å². The van der Waals surface area contributed by atoms with Gasteiger partial charge < -0.3 is 5.11 Å². The maximum Gasteiger partial charge on any atom is 0.0959 e. The Labute approximate surface area is 65.4 Å². The highest BCUT2D eigenvalue weighted by Gasteiger charge is 2.52. The second-order valence-corrected chi connectivity index (χ2v) is 3.44. The lowest BCUT2D eigenvalue weighted by molar-refractivity contribution is 0.134. The Morgan fingerprint density at radius 3 is 2.82 bits per heavy atom. The summed E-state index contributed by atoms with van der Waals surface area (Å²) in [7, 11) is 0. The highest BCUT2D eigenvalue weighted by atomic mass is 16.3. The number of rotatable bonds is 1. The molecule has 11 heavy (non-hydrogen) atoms. The minimum absolute atomic E-state index is 0.388. The Morgan fingerprint density at radius 2 is 2.45 bits per heavy atom. The van der Waals surface area contributed by atoms with Gasteiger partial charge in [-0.25, -0.2) is 0 Å². The van der Waals surface area contributed by atoms with Crippen LogP contribution in [-0.4, -0.2) is 15.3 Å². The van der Waals surface area contributed by atoms with Crippen molar-refractivity contribution in [1.29, 1.82) is 0 Å². The Hall–Kier alpha value is -0.830. The second-order valence-electron chi connectivity index (χ2n) is 3.44. The molecule has 0 amide bonds. The molecule has 2 unspecified atom stereocenters. The zero-order chi connectivity index (χ0) is 8.06. The van der Waals surface area contributed by atoms with E-state index in [1.54, 1.807) is 6.20 Å². The van der Waals surface area contributed by atoms with Crippen LogP contribution in [0.25, 0.3) is 0 Å². The molecule has 1 aliphatic rings. The molecule has 2 atom stereocenters. The van der Waals surface area contributed by atoms with Gasteiger partial charge in [0.05, 0.1) is 11.8 Å². The molecule has 1 heterocycles. The quantitative estimate of drug-likeness (QED) is 0.629. The number of aliphatic hydroxyl groups is 1. The summed E-state index contributed by atoms with van der Waals surface area (Å²) in [5, 5.41) is 16.6. The Kier molecular flexibility index (Phi) is 1.16. The number of nitrogens with zero attached hydrogens (tertiary/aromatic N) is 1. The summed E-state index contributed by atoms with van der Waals surface area (Å²) in [5.74, 6) is 0.388. The number of aromatic nitrogens is 2. The normalized spacial score (nSPS) is 35.7. The summed E-state index contributed by atoms with van der Waals surface area (Å²) >= 11 is 0. The van der Waals surface area contributed by atoms with Gasteiger partial charge in [-0.15, -0.1) is 0 Å². The number of hydrogen-bond donors (Lipinski definition) is 2. The van der Waals surface area contributed by atoms with Crippen LogP contribution < -0.4 is 0 Å². The highest BCUT2D eigenvalue weighted by Crippen LogP contribution is 2.51. The average Bonchev–Trinajstić information content (AvgIpc) is 2.43. The summed E-state index contributed by atoms with van der Waals surface area (Å²) in [5.41, 5.74) is 1.37. The number of H-pyrrole nitrogens is 1. The monoisotopic (exact) mass is 152 g/mol. The molecule has 1 aromatic rings. The molecule has 0 spiro atoms. The first-order valence-electron chi connectivity index (χ1n) is 3.87. The van der Waals surface area contributed by atoms with Crippen LogP contribution in [0, 0.1) is 12.8 Å². The molecule has 3 heteroatoms. The second kappa shape index (κ2) is 1.85. The summed E-state index contributed by atoms with van der Waals surface area (Å²) in [6.07, 6.45) is 2.59. The third kappa shape index (κ3) is 0.807. The fourth-order valence-electron chi connectivity index (χ4n) is 1.57. The lowest BCUT2D eigenvalue weighted by Crippen LogP contribution is -2.07. The van der Waals surface area contributed by atoms with Crippen molar-refractivity contribution < 1.29 is 5.11 Å². The van der Waals surface area contributed by atoms with Crippen molar-refractivity contribution in [3.63, 3.8) is 0 Å². The van der Waals surface area contributed by atoms with Gasteiger partial charge in [0.2, 0.25) is 0 Å². The number of aryl methyl sites for hydroxylation is 1. The van der Waals surface area contributed by atoms with E-state index in [4.69, 9.17) is 0 Å². The Balaban J connectivity index is 2.37. The van der Waals surface area contributed by atoms with Gasteiger partial charge in [0, 0.05) is 11.3 Å². The molecule has 1 aliphatic carbocycles. The van der Waals surface area contributed by atoms with E-state index in [9.17, 15) is 5.11 Å². The van der Waals surface area contributed by atoms with E-state index in [1.165, 1.54) is 0 Å². The van der Waals surface area contributed by atoms with E-state index < -0.39 is 5.60 Å². The van der Waals surface area contributed by atoms with Gasteiger partial charge in [-0.05, 0) is 19.3 Å². The Bertz CT molecular complexity index is 281. The van der Waals surface area contributed by atoms with Crippen LogP contribution in [0.5, 0.6) is 0 Å². The lowest BCUT2D eigenvalue weighted by Gasteiger charge is -2.06. The van der Waals surface area contributed by atoms with E-state index in [2.05, 4.69) is 10.2 Å². The van der Waals surface area contributed by atoms with Crippen molar-refractivity contribution in [1.82, 2.24) is 10.2 Å². The maximum atomic E-state index is 9.88. The van der Waals surface area contributed by atoms with Crippen molar-refractivity contribution in [2.24, 2.45) is 5.92 Å². The highest BCUT2D eigenvalue weighted by molar-refractivity contribution is 5.29. The molecule has 0 bridgehead atoms. The molecule has 0 radical (unpaired) electrons. The molecule has 3 nitrogen and oxygen atoms in total. The molecule has 0 aromatic carbocycles. The molecule has 2 rings (SSSR count). The molecule has 60 valence electrons. The first kappa shape index (κ1) is 6.85. The van der Waals surface area contributed by atoms with Crippen LogP contribution in [0.3, 0.4) is 0 Å². The lowest BCUT2D eigenvalue weighted by atomic mass is 10.1. The van der Waals surface area contributed by atoms with E-state index in [0.29, 0.717) is 5.92 Å². The first-order valence-corrected chi connectivity index (χ1v) is 3.87. The smallest absolute Gasteiger partial charge is 0.0959 e. The molecular formula is C8H12N2O. The average molecular weight is 152 g/mol. The Morgan fingerprint density at radius 1 is 1.82 bits per heavy atom. The van der Waals surface area contributed by atoms with Gasteiger partial charge in [-0.1, -0.05) is 6.92 Å². The molecule has 1 aromatic heterocycles. The van der Waals surface area contributed by atoms with Crippen molar-refractivity contribution in [3.8, 4) is 0 Å². The third-order valence-electron chi connectivity index (χ3n) is 2.57.